The summed E-state index contributed by atoms with van der Waals surface area (Å²) in [5.41, 5.74) is 0.634. The fraction of sp³-hybridized carbons (Fsp3) is 0.296. The van der Waals surface area contributed by atoms with Crippen LogP contribution in [0.2, 0.25) is 0 Å². The topological polar surface area (TPSA) is 114 Å². The third kappa shape index (κ3) is 6.88. The lowest BCUT2D eigenvalue weighted by Crippen LogP contribution is -2.30. The molecule has 9 heteroatoms. The number of hydrogen-bond acceptors (Lipinski definition) is 9. The third-order valence-corrected chi connectivity index (χ3v) is 5.24. The number of hydrogen-bond donors (Lipinski definition) is 0. The van der Waals surface area contributed by atoms with Gasteiger partial charge in [-0.25, -0.2) is 4.98 Å². The van der Waals surface area contributed by atoms with E-state index in [4.69, 9.17) is 18.9 Å². The van der Waals surface area contributed by atoms with E-state index in [0.717, 1.165) is 5.56 Å². The number of Topliss-reactive ketones (excluding diaryl/α,β-unsaturated/α-hetero) is 1. The van der Waals surface area contributed by atoms with Crippen molar-refractivity contribution in [3.05, 3.63) is 78.4 Å². The van der Waals surface area contributed by atoms with E-state index in [1.807, 2.05) is 24.3 Å². The van der Waals surface area contributed by atoms with Crippen molar-refractivity contribution < 1.29 is 33.3 Å². The summed E-state index contributed by atoms with van der Waals surface area (Å²) in [6.07, 6.45) is 3.13. The number of nitrogens with zero attached hydrogens (tertiary/aromatic N) is 2. The van der Waals surface area contributed by atoms with Crippen LogP contribution in [0.4, 0.5) is 0 Å². The summed E-state index contributed by atoms with van der Waals surface area (Å²) in [6.45, 7) is 4.50. The molecule has 0 aliphatic carbocycles. The molecule has 0 spiro atoms. The van der Waals surface area contributed by atoms with Crippen molar-refractivity contribution in [2.75, 3.05) is 7.11 Å². The summed E-state index contributed by atoms with van der Waals surface area (Å²) < 4.78 is 22.1. The van der Waals surface area contributed by atoms with E-state index in [-0.39, 0.29) is 23.6 Å². The predicted octanol–water partition coefficient (Wildman–Crippen LogP) is 4.37. The Hall–Kier alpha value is -4.27. The molecular weight excluding hydrogens is 464 g/mol. The van der Waals surface area contributed by atoms with Gasteiger partial charge in [0, 0.05) is 43.6 Å². The molecule has 1 aromatic carbocycles. The van der Waals surface area contributed by atoms with Gasteiger partial charge < -0.3 is 18.9 Å². The second kappa shape index (κ2) is 12.4. The number of carbonyl (C=O) groups excluding carboxylic acids is 3. The first-order valence-electron chi connectivity index (χ1n) is 11.4. The fourth-order valence-corrected chi connectivity index (χ4v) is 3.48. The zero-order chi connectivity index (χ0) is 26.1. The molecule has 36 heavy (non-hydrogen) atoms. The molecule has 2 heterocycles. The lowest BCUT2D eigenvalue weighted by atomic mass is 10.0. The quantitative estimate of drug-likeness (QED) is 0.284. The van der Waals surface area contributed by atoms with Crippen molar-refractivity contribution in [2.45, 2.75) is 39.4 Å². The average molecular weight is 493 g/mol. The molecule has 0 fully saturated rings. The Bertz CT molecular complexity index is 1190. The Balaban J connectivity index is 1.72. The van der Waals surface area contributed by atoms with E-state index in [9.17, 15) is 14.4 Å². The van der Waals surface area contributed by atoms with Crippen molar-refractivity contribution in [3.63, 3.8) is 0 Å². The van der Waals surface area contributed by atoms with Crippen molar-refractivity contribution in [2.24, 2.45) is 5.92 Å². The summed E-state index contributed by atoms with van der Waals surface area (Å²) in [5.74, 6) is -1.80. The van der Waals surface area contributed by atoms with Gasteiger partial charge in [-0.05, 0) is 25.1 Å². The molecule has 188 valence electrons. The third-order valence-electron chi connectivity index (χ3n) is 5.24. The largest absolute Gasteiger partial charge is 0.493 e. The van der Waals surface area contributed by atoms with Crippen LogP contribution in [-0.4, -0.2) is 40.9 Å². The van der Waals surface area contributed by atoms with Gasteiger partial charge in [-0.1, -0.05) is 31.2 Å². The van der Waals surface area contributed by atoms with E-state index < -0.39 is 35.8 Å². The number of aromatic nitrogens is 2. The number of methoxy groups -OCH3 is 1. The molecule has 0 amide bonds. The lowest BCUT2D eigenvalue weighted by molar-refractivity contribution is -0.157. The maximum atomic E-state index is 13.0. The molecule has 0 saturated carbocycles. The fourth-order valence-electron chi connectivity index (χ4n) is 3.48. The maximum Gasteiger partial charge on any atom is 0.309 e. The molecule has 0 unspecified atom stereocenters. The maximum absolute atomic E-state index is 13.0. The molecule has 0 saturated heterocycles. The molecule has 0 aliphatic heterocycles. The van der Waals surface area contributed by atoms with Crippen molar-refractivity contribution in [1.29, 1.82) is 0 Å². The van der Waals surface area contributed by atoms with Crippen molar-refractivity contribution in [3.8, 4) is 17.2 Å². The number of benzene rings is 1. The van der Waals surface area contributed by atoms with Crippen LogP contribution in [0, 0.1) is 5.92 Å². The molecule has 3 aromatic rings. The van der Waals surface area contributed by atoms with Gasteiger partial charge in [-0.2, -0.15) is 0 Å². The summed E-state index contributed by atoms with van der Waals surface area (Å²) in [4.78, 5) is 45.6. The van der Waals surface area contributed by atoms with Gasteiger partial charge in [0.15, 0.2) is 23.3 Å². The van der Waals surface area contributed by atoms with Crippen LogP contribution >= 0.6 is 0 Å². The van der Waals surface area contributed by atoms with Gasteiger partial charge in [0.1, 0.15) is 11.9 Å². The van der Waals surface area contributed by atoms with E-state index in [1.165, 1.54) is 26.3 Å². The van der Waals surface area contributed by atoms with E-state index in [0.29, 0.717) is 5.75 Å². The Morgan fingerprint density at radius 3 is 2.36 bits per heavy atom. The highest BCUT2D eigenvalue weighted by atomic mass is 16.6. The van der Waals surface area contributed by atoms with Crippen molar-refractivity contribution in [1.82, 2.24) is 9.97 Å². The van der Waals surface area contributed by atoms with Crippen LogP contribution in [0.3, 0.4) is 0 Å². The Morgan fingerprint density at radius 1 is 0.972 bits per heavy atom. The highest BCUT2D eigenvalue weighted by Gasteiger charge is 2.30. The standard InChI is InChI=1S/C27H28N2O7/c1-17(15-22(31)24-26(35-19(3)30)23(33-4)12-14-29-24)27(32)34-18(2)25(20-9-8-13-28-16-20)36-21-10-6-5-7-11-21/h5-14,16-18,25H,15H2,1-4H3/t17-,18+,25-/m1/s1. The average Bonchev–Trinajstić information content (AvgIpc) is 2.88. The number of carbonyl (C=O) groups is 3. The van der Waals surface area contributed by atoms with Crippen LogP contribution in [0.1, 0.15) is 49.3 Å². The SMILES string of the molecule is COc1ccnc(C(=O)C[C@@H](C)C(=O)O[C@@H](C)[C@@H](Oc2ccccc2)c2cccnc2)c1OC(C)=O. The van der Waals surface area contributed by atoms with Gasteiger partial charge >= 0.3 is 11.9 Å². The molecular formula is C27H28N2O7. The molecule has 9 nitrogen and oxygen atoms in total. The van der Waals surface area contributed by atoms with Crippen LogP contribution in [0.25, 0.3) is 0 Å². The van der Waals surface area contributed by atoms with E-state index >= 15 is 0 Å². The second-order valence-corrected chi connectivity index (χ2v) is 8.09. The second-order valence-electron chi connectivity index (χ2n) is 8.09. The first kappa shape index (κ1) is 26.3. The summed E-state index contributed by atoms with van der Waals surface area (Å²) >= 11 is 0. The smallest absolute Gasteiger partial charge is 0.309 e. The molecule has 0 aliphatic rings. The zero-order valence-electron chi connectivity index (χ0n) is 20.5. The van der Waals surface area contributed by atoms with Crippen LogP contribution in [0.15, 0.2) is 67.1 Å². The minimum Gasteiger partial charge on any atom is -0.493 e. The minimum atomic E-state index is -0.801. The van der Waals surface area contributed by atoms with Crippen LogP contribution < -0.4 is 14.2 Å². The number of esters is 2. The first-order chi connectivity index (χ1) is 17.3. The normalized spacial score (nSPS) is 13.1. The monoisotopic (exact) mass is 492 g/mol. The minimum absolute atomic E-state index is 0.0839. The predicted molar refractivity (Wildman–Crippen MR) is 130 cm³/mol. The van der Waals surface area contributed by atoms with E-state index in [2.05, 4.69) is 9.97 Å². The lowest BCUT2D eigenvalue weighted by Gasteiger charge is -2.26. The summed E-state index contributed by atoms with van der Waals surface area (Å²) in [7, 11) is 1.38. The zero-order valence-corrected chi connectivity index (χ0v) is 20.5. The molecule has 2 aromatic heterocycles. The number of rotatable bonds is 11. The highest BCUT2D eigenvalue weighted by molar-refractivity contribution is 5.99. The van der Waals surface area contributed by atoms with Crippen LogP contribution in [0.5, 0.6) is 17.2 Å². The Morgan fingerprint density at radius 2 is 1.72 bits per heavy atom. The first-order valence-corrected chi connectivity index (χ1v) is 11.4. The Labute approximate surface area is 209 Å². The van der Waals surface area contributed by atoms with Gasteiger partial charge in [-0.3, -0.25) is 19.4 Å². The summed E-state index contributed by atoms with van der Waals surface area (Å²) in [5, 5.41) is 0. The number of pyridine rings is 2. The molecule has 3 atom stereocenters. The number of ketones is 1. The van der Waals surface area contributed by atoms with Gasteiger partial charge in [-0.15, -0.1) is 0 Å². The summed E-state index contributed by atoms with van der Waals surface area (Å²) in [6, 6.07) is 14.3. The van der Waals surface area contributed by atoms with E-state index in [1.54, 1.807) is 44.4 Å². The van der Waals surface area contributed by atoms with Gasteiger partial charge in [0.05, 0.1) is 13.0 Å². The number of para-hydroxylation sites is 1. The molecule has 3 rings (SSSR count). The van der Waals surface area contributed by atoms with Crippen molar-refractivity contribution >= 4 is 17.7 Å². The highest BCUT2D eigenvalue weighted by Crippen LogP contribution is 2.31. The number of ether oxygens (including phenoxy) is 4. The molecule has 0 radical (unpaired) electrons. The van der Waals surface area contributed by atoms with Gasteiger partial charge in [0.2, 0.25) is 5.75 Å². The molecule has 0 N–H and O–H groups in total. The van der Waals surface area contributed by atoms with Crippen LogP contribution in [-0.2, 0) is 14.3 Å². The Kier molecular flexibility index (Phi) is 9.10. The van der Waals surface area contributed by atoms with Gasteiger partial charge in [0.25, 0.3) is 0 Å². The molecule has 0 bridgehead atoms.